The summed E-state index contributed by atoms with van der Waals surface area (Å²) >= 11 is 0. The minimum absolute atomic E-state index is 0.0463. The average Bonchev–Trinajstić information content (AvgIpc) is 3.64. The van der Waals surface area contributed by atoms with Gasteiger partial charge in [-0.3, -0.25) is 4.79 Å². The Labute approximate surface area is 210 Å². The van der Waals surface area contributed by atoms with E-state index in [1.54, 1.807) is 0 Å². The lowest BCUT2D eigenvalue weighted by Crippen LogP contribution is -2.26. The fraction of sp³-hybridized carbons (Fsp3) is 0.452. The number of hydrogen-bond donors (Lipinski definition) is 2. The summed E-state index contributed by atoms with van der Waals surface area (Å²) in [5.41, 5.74) is 13.8. The minimum Gasteiger partial charge on any atom is -0.481 e. The molecule has 0 amide bonds. The maximum Gasteiger partial charge on any atom is 0.307 e. The van der Waals surface area contributed by atoms with Crippen LogP contribution in [0.4, 0.5) is 0 Å². The van der Waals surface area contributed by atoms with Crippen molar-refractivity contribution in [3.8, 4) is 0 Å². The van der Waals surface area contributed by atoms with E-state index < -0.39 is 5.97 Å². The van der Waals surface area contributed by atoms with Gasteiger partial charge in [-0.1, -0.05) is 69.3 Å². The zero-order valence-corrected chi connectivity index (χ0v) is 22.0. The first-order valence-electron chi connectivity index (χ1n) is 12.9. The van der Waals surface area contributed by atoms with Crippen molar-refractivity contribution in [2.45, 2.75) is 84.2 Å². The number of ether oxygens (including phenoxy) is 1. The van der Waals surface area contributed by atoms with Crippen LogP contribution in [-0.2, 0) is 21.4 Å². The maximum absolute atomic E-state index is 11.1. The smallest absolute Gasteiger partial charge is 0.307 e. The van der Waals surface area contributed by atoms with Crippen molar-refractivity contribution in [2.75, 3.05) is 6.61 Å². The van der Waals surface area contributed by atoms with Crippen LogP contribution in [0.1, 0.15) is 87.6 Å². The molecule has 1 aliphatic rings. The summed E-state index contributed by atoms with van der Waals surface area (Å²) in [6.45, 7) is 11.9. The molecule has 0 aromatic heterocycles. The molecule has 0 radical (unpaired) electrons. The lowest BCUT2D eigenvalue weighted by atomic mass is 9.70. The highest BCUT2D eigenvalue weighted by molar-refractivity contribution is 5.74. The molecule has 3 N–H and O–H groups in total. The molecule has 3 rings (SSSR count). The molecular weight excluding hydrogens is 434 g/mol. The van der Waals surface area contributed by atoms with E-state index in [1.807, 2.05) is 13.0 Å². The van der Waals surface area contributed by atoms with E-state index >= 15 is 0 Å². The molecule has 0 spiro atoms. The maximum atomic E-state index is 11.1. The standard InChI is InChI=1S/C31H41NO3/c1-6-30(21-35-30)16-15-26-11-14-28(18-23(26)5)31(7-2,8-3)27-12-9-25(10-13-27)22(4)17-24(20-32)19-29(33)34/h9-14,17-18,20H,6-8,15-16,19,21,32H2,1-5H3,(H,33,34)/b22-17+,24-20+. The van der Waals surface area contributed by atoms with Gasteiger partial charge in [0.05, 0.1) is 18.6 Å². The quantitative estimate of drug-likeness (QED) is 0.258. The number of allylic oxidation sites excluding steroid dienone is 2. The summed E-state index contributed by atoms with van der Waals surface area (Å²) in [4.78, 5) is 11.1. The Bertz CT molecular complexity index is 1090. The Morgan fingerprint density at radius 3 is 2.23 bits per heavy atom. The minimum atomic E-state index is -0.885. The molecule has 1 atom stereocenters. The van der Waals surface area contributed by atoms with Crippen molar-refractivity contribution in [1.82, 2.24) is 0 Å². The van der Waals surface area contributed by atoms with Crippen LogP contribution in [0.5, 0.6) is 0 Å². The van der Waals surface area contributed by atoms with Gasteiger partial charge in [-0.2, -0.15) is 0 Å². The van der Waals surface area contributed by atoms with E-state index in [4.69, 9.17) is 15.6 Å². The lowest BCUT2D eigenvalue weighted by molar-refractivity contribution is -0.136. The summed E-state index contributed by atoms with van der Waals surface area (Å²) in [6.07, 6.45) is 8.43. The predicted octanol–water partition coefficient (Wildman–Crippen LogP) is 6.93. The number of aryl methyl sites for hydroxylation is 2. The second-order valence-corrected chi connectivity index (χ2v) is 9.97. The monoisotopic (exact) mass is 475 g/mol. The summed E-state index contributed by atoms with van der Waals surface area (Å²) in [5.74, 6) is -0.885. The van der Waals surface area contributed by atoms with Gasteiger partial charge in [0.2, 0.25) is 0 Å². The Morgan fingerprint density at radius 1 is 1.11 bits per heavy atom. The van der Waals surface area contributed by atoms with E-state index in [2.05, 4.69) is 70.2 Å². The van der Waals surface area contributed by atoms with E-state index in [0.717, 1.165) is 49.8 Å². The van der Waals surface area contributed by atoms with Crippen LogP contribution >= 0.6 is 0 Å². The molecule has 2 aromatic carbocycles. The van der Waals surface area contributed by atoms with Gasteiger partial charge in [0.1, 0.15) is 0 Å². The normalized spacial score (nSPS) is 18.5. The Morgan fingerprint density at radius 2 is 1.74 bits per heavy atom. The molecule has 2 aromatic rings. The molecule has 1 fully saturated rings. The van der Waals surface area contributed by atoms with Gasteiger partial charge >= 0.3 is 5.97 Å². The van der Waals surface area contributed by atoms with Crippen LogP contribution < -0.4 is 5.73 Å². The first kappa shape index (κ1) is 26.7. The number of carbonyl (C=O) groups is 1. The molecule has 4 nitrogen and oxygen atoms in total. The number of rotatable bonds is 12. The SMILES string of the molecule is CCC1(CCc2ccc(C(CC)(CC)c3ccc(/C(C)=C/C(=C\N)CC(=O)O)cc3)cc2C)CO1. The van der Waals surface area contributed by atoms with Gasteiger partial charge in [-0.15, -0.1) is 0 Å². The van der Waals surface area contributed by atoms with Gasteiger partial charge in [-0.05, 0) is 91.1 Å². The number of carboxylic acid groups (broad SMARTS) is 1. The van der Waals surface area contributed by atoms with Gasteiger partial charge < -0.3 is 15.6 Å². The first-order valence-corrected chi connectivity index (χ1v) is 12.9. The summed E-state index contributed by atoms with van der Waals surface area (Å²) in [5, 5.41) is 9.07. The number of nitrogens with two attached hydrogens (primary N) is 1. The average molecular weight is 476 g/mol. The summed E-state index contributed by atoms with van der Waals surface area (Å²) in [7, 11) is 0. The van der Waals surface area contributed by atoms with E-state index in [1.165, 1.54) is 28.5 Å². The third-order valence-corrected chi connectivity index (χ3v) is 8.01. The van der Waals surface area contributed by atoms with Crippen LogP contribution in [0.15, 0.2) is 60.3 Å². The third kappa shape index (κ3) is 6.05. The molecule has 1 aliphatic heterocycles. The molecule has 0 bridgehead atoms. The van der Waals surface area contributed by atoms with Crippen molar-refractivity contribution in [1.29, 1.82) is 0 Å². The van der Waals surface area contributed by atoms with E-state index in [-0.39, 0.29) is 17.4 Å². The van der Waals surface area contributed by atoms with Crippen molar-refractivity contribution < 1.29 is 14.6 Å². The molecule has 1 unspecified atom stereocenters. The number of epoxide rings is 1. The van der Waals surface area contributed by atoms with Crippen molar-refractivity contribution in [3.05, 3.63) is 88.1 Å². The van der Waals surface area contributed by atoms with Gasteiger partial charge in [0.15, 0.2) is 0 Å². The van der Waals surface area contributed by atoms with E-state index in [9.17, 15) is 4.79 Å². The highest BCUT2D eigenvalue weighted by Crippen LogP contribution is 2.41. The first-order chi connectivity index (χ1) is 16.7. The molecular formula is C31H41NO3. The third-order valence-electron chi connectivity index (χ3n) is 8.01. The Kier molecular flexibility index (Phi) is 8.60. The Balaban J connectivity index is 1.85. The molecule has 4 heteroatoms. The highest BCUT2D eigenvalue weighted by atomic mass is 16.6. The van der Waals surface area contributed by atoms with Crippen LogP contribution in [0.25, 0.3) is 5.57 Å². The fourth-order valence-corrected chi connectivity index (χ4v) is 5.24. The van der Waals surface area contributed by atoms with Crippen molar-refractivity contribution in [3.63, 3.8) is 0 Å². The van der Waals surface area contributed by atoms with Crippen LogP contribution in [0, 0.1) is 6.92 Å². The summed E-state index contributed by atoms with van der Waals surface area (Å²) in [6, 6.07) is 15.8. The lowest BCUT2D eigenvalue weighted by Gasteiger charge is -2.34. The summed E-state index contributed by atoms with van der Waals surface area (Å²) < 4.78 is 5.71. The molecule has 0 saturated carbocycles. The van der Waals surface area contributed by atoms with Crippen molar-refractivity contribution >= 4 is 11.5 Å². The van der Waals surface area contributed by atoms with Crippen LogP contribution in [-0.4, -0.2) is 23.3 Å². The number of hydrogen-bond acceptors (Lipinski definition) is 3. The zero-order valence-electron chi connectivity index (χ0n) is 22.0. The molecule has 0 aliphatic carbocycles. The molecule has 1 saturated heterocycles. The second kappa shape index (κ2) is 11.3. The highest BCUT2D eigenvalue weighted by Gasteiger charge is 2.42. The van der Waals surface area contributed by atoms with Gasteiger partial charge in [0, 0.05) is 5.41 Å². The Hall–Kier alpha value is -2.85. The van der Waals surface area contributed by atoms with Crippen LogP contribution in [0.3, 0.4) is 0 Å². The number of aliphatic carboxylic acids is 1. The van der Waals surface area contributed by atoms with Crippen LogP contribution in [0.2, 0.25) is 0 Å². The largest absolute Gasteiger partial charge is 0.481 e. The van der Waals surface area contributed by atoms with Gasteiger partial charge in [0.25, 0.3) is 0 Å². The van der Waals surface area contributed by atoms with E-state index in [0.29, 0.717) is 5.57 Å². The number of carboxylic acids is 1. The number of benzene rings is 2. The predicted molar refractivity (Wildman–Crippen MR) is 144 cm³/mol. The second-order valence-electron chi connectivity index (χ2n) is 9.97. The zero-order chi connectivity index (χ0) is 25.6. The molecule has 188 valence electrons. The van der Waals surface area contributed by atoms with Crippen molar-refractivity contribution in [2.24, 2.45) is 5.73 Å². The molecule has 1 heterocycles. The topological polar surface area (TPSA) is 75.9 Å². The molecule has 35 heavy (non-hydrogen) atoms. The van der Waals surface area contributed by atoms with Gasteiger partial charge in [-0.25, -0.2) is 0 Å². The fourth-order valence-electron chi connectivity index (χ4n) is 5.24.